The summed E-state index contributed by atoms with van der Waals surface area (Å²) in [5.74, 6) is -1.46. The molecule has 0 unspecified atom stereocenters. The summed E-state index contributed by atoms with van der Waals surface area (Å²) in [6, 6.07) is 12.4. The normalized spacial score (nSPS) is 12.0. The Morgan fingerprint density at radius 1 is 0.939 bits per heavy atom. The van der Waals surface area contributed by atoms with Crippen molar-refractivity contribution in [2.45, 2.75) is 11.1 Å². The maximum absolute atomic E-state index is 12.9. The van der Waals surface area contributed by atoms with E-state index in [0.29, 0.717) is 11.6 Å². The SMILES string of the molecule is O=C(NN=Cc1ccc(O)c(O)c1)c1cccc(S(=O)(=O)Nc2cccc(C(F)(F)F)c2)c1. The molecule has 0 heterocycles. The fraction of sp³-hybridized carbons (Fsp3) is 0.0476. The number of benzene rings is 3. The predicted molar refractivity (Wildman–Crippen MR) is 114 cm³/mol. The molecule has 1 amide bonds. The molecule has 3 rings (SSSR count). The molecule has 0 saturated carbocycles. The Morgan fingerprint density at radius 3 is 2.36 bits per heavy atom. The van der Waals surface area contributed by atoms with Crippen molar-refractivity contribution in [3.8, 4) is 11.5 Å². The summed E-state index contributed by atoms with van der Waals surface area (Å²) < 4.78 is 65.8. The second kappa shape index (κ2) is 9.20. The molecular formula is C21H16F3N3O5S. The first-order valence-corrected chi connectivity index (χ1v) is 10.6. The van der Waals surface area contributed by atoms with Crippen molar-refractivity contribution < 1.29 is 36.6 Å². The Morgan fingerprint density at radius 2 is 1.67 bits per heavy atom. The fourth-order valence-electron chi connectivity index (χ4n) is 2.63. The summed E-state index contributed by atoms with van der Waals surface area (Å²) in [5.41, 5.74) is 1.16. The van der Waals surface area contributed by atoms with Crippen LogP contribution in [0.2, 0.25) is 0 Å². The summed E-state index contributed by atoms with van der Waals surface area (Å²) in [7, 11) is -4.29. The molecular weight excluding hydrogens is 463 g/mol. The maximum Gasteiger partial charge on any atom is 0.416 e. The number of hydrogen-bond donors (Lipinski definition) is 4. The van der Waals surface area contributed by atoms with E-state index in [-0.39, 0.29) is 27.6 Å². The van der Waals surface area contributed by atoms with Gasteiger partial charge in [-0.25, -0.2) is 13.8 Å². The van der Waals surface area contributed by atoms with Crippen LogP contribution in [0.4, 0.5) is 18.9 Å². The molecule has 0 fully saturated rings. The number of nitrogens with one attached hydrogen (secondary N) is 2. The predicted octanol–water partition coefficient (Wildman–Crippen LogP) is 3.68. The Bertz CT molecular complexity index is 1320. The van der Waals surface area contributed by atoms with Crippen molar-refractivity contribution in [1.82, 2.24) is 5.43 Å². The van der Waals surface area contributed by atoms with E-state index in [0.717, 1.165) is 18.2 Å². The third-order valence-corrected chi connectivity index (χ3v) is 5.61. The van der Waals surface area contributed by atoms with E-state index in [4.69, 9.17) is 0 Å². The minimum Gasteiger partial charge on any atom is -0.504 e. The molecule has 172 valence electrons. The van der Waals surface area contributed by atoms with Crippen molar-refractivity contribution >= 4 is 27.8 Å². The zero-order chi connectivity index (χ0) is 24.2. The quantitative estimate of drug-likeness (QED) is 0.244. The number of nitrogens with zero attached hydrogens (tertiary/aromatic N) is 1. The molecule has 12 heteroatoms. The van der Waals surface area contributed by atoms with Gasteiger partial charge in [-0.1, -0.05) is 12.1 Å². The van der Waals surface area contributed by atoms with Gasteiger partial charge in [0.05, 0.1) is 16.7 Å². The number of rotatable bonds is 6. The lowest BCUT2D eigenvalue weighted by molar-refractivity contribution is -0.137. The van der Waals surface area contributed by atoms with E-state index in [2.05, 4.69) is 15.2 Å². The van der Waals surface area contributed by atoms with Crippen LogP contribution in [-0.2, 0) is 16.2 Å². The monoisotopic (exact) mass is 479 g/mol. The average Bonchev–Trinajstić information content (AvgIpc) is 2.75. The number of carbonyl (C=O) groups is 1. The molecule has 3 aromatic rings. The molecule has 4 N–H and O–H groups in total. The number of hydrazone groups is 1. The number of alkyl halides is 3. The fourth-order valence-corrected chi connectivity index (χ4v) is 3.72. The molecule has 0 bridgehead atoms. The van der Waals surface area contributed by atoms with E-state index < -0.39 is 27.7 Å². The van der Waals surface area contributed by atoms with Crippen molar-refractivity contribution in [3.63, 3.8) is 0 Å². The summed E-state index contributed by atoms with van der Waals surface area (Å²) in [5, 5.41) is 22.4. The van der Waals surface area contributed by atoms with Crippen molar-refractivity contribution in [2.75, 3.05) is 4.72 Å². The number of hydrogen-bond acceptors (Lipinski definition) is 6. The van der Waals surface area contributed by atoms with Gasteiger partial charge in [0.2, 0.25) is 0 Å². The average molecular weight is 479 g/mol. The zero-order valence-electron chi connectivity index (χ0n) is 16.5. The molecule has 0 saturated heterocycles. The number of phenolic OH excluding ortho intramolecular Hbond substituents is 2. The molecule has 0 aromatic heterocycles. The van der Waals surface area contributed by atoms with Gasteiger partial charge in [-0.05, 0) is 60.2 Å². The topological polar surface area (TPSA) is 128 Å². The number of halogens is 3. The first kappa shape index (κ1) is 23.6. The van der Waals surface area contributed by atoms with Gasteiger partial charge in [-0.3, -0.25) is 9.52 Å². The lowest BCUT2D eigenvalue weighted by atomic mass is 10.2. The molecule has 0 aliphatic heterocycles. The highest BCUT2D eigenvalue weighted by Gasteiger charge is 2.30. The lowest BCUT2D eigenvalue weighted by Crippen LogP contribution is -2.19. The van der Waals surface area contributed by atoms with Crippen LogP contribution in [0.25, 0.3) is 0 Å². The standard InChI is InChI=1S/C21H16F3N3O5S/c22-21(23,24)15-4-2-5-16(11-15)27-33(31,32)17-6-1-3-14(10-17)20(30)26-25-12-13-7-8-18(28)19(29)9-13/h1-12,27-29H,(H,26,30). The molecule has 33 heavy (non-hydrogen) atoms. The molecule has 0 aliphatic carbocycles. The van der Waals surface area contributed by atoms with Gasteiger partial charge in [0, 0.05) is 11.3 Å². The minimum absolute atomic E-state index is 0.0763. The molecule has 8 nitrogen and oxygen atoms in total. The smallest absolute Gasteiger partial charge is 0.416 e. The number of amides is 1. The third kappa shape index (κ3) is 6.01. The number of phenols is 2. The van der Waals surface area contributed by atoms with Crippen LogP contribution in [-0.4, -0.2) is 30.8 Å². The summed E-state index contributed by atoms with van der Waals surface area (Å²) in [4.78, 5) is 11.9. The van der Waals surface area contributed by atoms with Crippen LogP contribution in [0.3, 0.4) is 0 Å². The third-order valence-electron chi connectivity index (χ3n) is 4.23. The molecule has 0 spiro atoms. The van der Waals surface area contributed by atoms with E-state index in [9.17, 15) is 36.6 Å². The molecule has 0 radical (unpaired) electrons. The number of aromatic hydroxyl groups is 2. The van der Waals surface area contributed by atoms with E-state index in [1.54, 1.807) is 0 Å². The Labute approximate surface area is 186 Å². The molecule has 0 aliphatic rings. The highest BCUT2D eigenvalue weighted by molar-refractivity contribution is 7.92. The Balaban J connectivity index is 1.74. The summed E-state index contributed by atoms with van der Waals surface area (Å²) in [6.45, 7) is 0. The van der Waals surface area contributed by atoms with Gasteiger partial charge in [-0.2, -0.15) is 18.3 Å². The van der Waals surface area contributed by atoms with Crippen LogP contribution in [0.5, 0.6) is 11.5 Å². The van der Waals surface area contributed by atoms with Crippen molar-refractivity contribution in [1.29, 1.82) is 0 Å². The largest absolute Gasteiger partial charge is 0.504 e. The zero-order valence-corrected chi connectivity index (χ0v) is 17.4. The first-order chi connectivity index (χ1) is 15.5. The van der Waals surface area contributed by atoms with E-state index in [1.807, 2.05) is 0 Å². The van der Waals surface area contributed by atoms with Gasteiger partial charge < -0.3 is 10.2 Å². The van der Waals surface area contributed by atoms with Crippen LogP contribution in [0, 0.1) is 0 Å². The van der Waals surface area contributed by atoms with Gasteiger partial charge in [0.25, 0.3) is 15.9 Å². The molecule has 0 atom stereocenters. The maximum atomic E-state index is 12.9. The summed E-state index contributed by atoms with van der Waals surface area (Å²) >= 11 is 0. The van der Waals surface area contributed by atoms with E-state index in [1.165, 1.54) is 48.7 Å². The molecule has 3 aromatic carbocycles. The summed E-state index contributed by atoms with van der Waals surface area (Å²) in [6.07, 6.45) is -3.45. The van der Waals surface area contributed by atoms with Crippen molar-refractivity contribution in [3.05, 3.63) is 83.4 Å². The Hall–Kier alpha value is -4.06. The van der Waals surface area contributed by atoms with Crippen LogP contribution in [0.1, 0.15) is 21.5 Å². The highest BCUT2D eigenvalue weighted by atomic mass is 32.2. The number of sulfonamides is 1. The lowest BCUT2D eigenvalue weighted by Gasteiger charge is -2.12. The Kier molecular flexibility index (Phi) is 6.58. The second-order valence-corrected chi connectivity index (χ2v) is 8.34. The second-order valence-electron chi connectivity index (χ2n) is 6.66. The minimum atomic E-state index is -4.64. The van der Waals surface area contributed by atoms with Crippen LogP contribution >= 0.6 is 0 Å². The first-order valence-electron chi connectivity index (χ1n) is 9.11. The van der Waals surface area contributed by atoms with Crippen molar-refractivity contribution in [2.24, 2.45) is 5.10 Å². The number of carbonyl (C=O) groups excluding carboxylic acids is 1. The van der Waals surface area contributed by atoms with Crippen LogP contribution in [0.15, 0.2) is 76.7 Å². The van der Waals surface area contributed by atoms with Gasteiger partial charge in [0.15, 0.2) is 11.5 Å². The highest BCUT2D eigenvalue weighted by Crippen LogP contribution is 2.31. The van der Waals surface area contributed by atoms with Gasteiger partial charge >= 0.3 is 6.18 Å². The number of anilines is 1. The van der Waals surface area contributed by atoms with Gasteiger partial charge in [-0.15, -0.1) is 0 Å². The van der Waals surface area contributed by atoms with Crippen LogP contribution < -0.4 is 10.1 Å². The van der Waals surface area contributed by atoms with Gasteiger partial charge in [0.1, 0.15) is 0 Å². The van der Waals surface area contributed by atoms with E-state index >= 15 is 0 Å².